The third kappa shape index (κ3) is 3.13. The third-order valence-corrected chi connectivity index (χ3v) is 4.10. The zero-order valence-electron chi connectivity index (χ0n) is 10.8. The molecule has 2 rings (SSSR count). The van der Waals surface area contributed by atoms with E-state index in [4.69, 9.17) is 0 Å². The van der Waals surface area contributed by atoms with Crippen LogP contribution in [0, 0.1) is 3.57 Å². The Bertz CT molecular complexity index is 390. The van der Waals surface area contributed by atoms with Gasteiger partial charge in [-0.15, -0.1) is 0 Å². The quantitative estimate of drug-likeness (QED) is 0.829. The number of nitrogens with zero attached hydrogens (tertiary/aromatic N) is 1. The molecule has 1 unspecified atom stereocenters. The molecule has 0 saturated carbocycles. The van der Waals surface area contributed by atoms with Crippen LogP contribution in [0.5, 0.6) is 0 Å². The highest BCUT2D eigenvalue weighted by molar-refractivity contribution is 14.1. The molecule has 0 amide bonds. The first kappa shape index (κ1) is 13.1. The summed E-state index contributed by atoms with van der Waals surface area (Å²) >= 11 is 2.39. The second-order valence-electron chi connectivity index (χ2n) is 5.43. The van der Waals surface area contributed by atoms with E-state index in [2.05, 4.69) is 77.8 Å². The standard InChI is InChI=1S/C14H21IN2/c1-4-12-9-16-14(2,3)10-17(12)13-7-5-6-11(15)8-13/h5-8,12,16H,4,9-10H2,1-3H3. The van der Waals surface area contributed by atoms with Gasteiger partial charge in [-0.25, -0.2) is 0 Å². The van der Waals surface area contributed by atoms with Gasteiger partial charge in [0, 0.05) is 33.9 Å². The maximum atomic E-state index is 3.63. The van der Waals surface area contributed by atoms with E-state index in [1.54, 1.807) is 0 Å². The highest BCUT2D eigenvalue weighted by Crippen LogP contribution is 2.26. The molecule has 0 radical (unpaired) electrons. The molecular weight excluding hydrogens is 323 g/mol. The topological polar surface area (TPSA) is 15.3 Å². The lowest BCUT2D eigenvalue weighted by atomic mass is 9.97. The van der Waals surface area contributed by atoms with Gasteiger partial charge in [0.25, 0.3) is 0 Å². The molecule has 3 heteroatoms. The van der Waals surface area contributed by atoms with E-state index < -0.39 is 0 Å². The average molecular weight is 344 g/mol. The smallest absolute Gasteiger partial charge is 0.0412 e. The van der Waals surface area contributed by atoms with Crippen molar-refractivity contribution in [1.82, 2.24) is 5.32 Å². The van der Waals surface area contributed by atoms with Gasteiger partial charge in [-0.2, -0.15) is 0 Å². The molecule has 17 heavy (non-hydrogen) atoms. The summed E-state index contributed by atoms with van der Waals surface area (Å²) in [6.07, 6.45) is 1.19. The molecule has 94 valence electrons. The van der Waals surface area contributed by atoms with Crippen molar-refractivity contribution < 1.29 is 0 Å². The summed E-state index contributed by atoms with van der Waals surface area (Å²) < 4.78 is 1.31. The molecule has 0 aromatic heterocycles. The molecule has 1 saturated heterocycles. The van der Waals surface area contributed by atoms with E-state index in [1.165, 1.54) is 15.7 Å². The predicted octanol–water partition coefficient (Wildman–Crippen LogP) is 3.26. The van der Waals surface area contributed by atoms with Crippen LogP contribution < -0.4 is 10.2 Å². The molecule has 0 spiro atoms. The molecule has 1 aliphatic heterocycles. The van der Waals surface area contributed by atoms with E-state index in [0.29, 0.717) is 6.04 Å². The highest BCUT2D eigenvalue weighted by atomic mass is 127. The van der Waals surface area contributed by atoms with Crippen LogP contribution in [0.2, 0.25) is 0 Å². The molecule has 0 bridgehead atoms. The fraction of sp³-hybridized carbons (Fsp3) is 0.571. The summed E-state index contributed by atoms with van der Waals surface area (Å²) in [5, 5.41) is 3.63. The first-order valence-corrected chi connectivity index (χ1v) is 7.37. The molecule has 1 aromatic carbocycles. The van der Waals surface area contributed by atoms with Crippen molar-refractivity contribution in [3.05, 3.63) is 27.8 Å². The minimum absolute atomic E-state index is 0.201. The van der Waals surface area contributed by atoms with Gasteiger partial charge in [0.2, 0.25) is 0 Å². The van der Waals surface area contributed by atoms with Gasteiger partial charge in [-0.05, 0) is 61.1 Å². The van der Waals surface area contributed by atoms with Crippen molar-refractivity contribution in [3.8, 4) is 0 Å². The maximum Gasteiger partial charge on any atom is 0.0412 e. The Morgan fingerprint density at radius 1 is 1.47 bits per heavy atom. The fourth-order valence-electron chi connectivity index (χ4n) is 2.44. The number of anilines is 1. The highest BCUT2D eigenvalue weighted by Gasteiger charge is 2.31. The Kier molecular flexibility index (Phi) is 3.98. The van der Waals surface area contributed by atoms with Crippen molar-refractivity contribution in [3.63, 3.8) is 0 Å². The molecule has 1 N–H and O–H groups in total. The molecule has 1 heterocycles. The average Bonchev–Trinajstić information content (AvgIpc) is 2.28. The van der Waals surface area contributed by atoms with E-state index in [1.807, 2.05) is 0 Å². The normalized spacial score (nSPS) is 23.8. The first-order valence-electron chi connectivity index (χ1n) is 6.29. The minimum Gasteiger partial charge on any atom is -0.365 e. The second-order valence-corrected chi connectivity index (χ2v) is 6.68. The zero-order chi connectivity index (χ0) is 12.5. The van der Waals surface area contributed by atoms with E-state index >= 15 is 0 Å². The van der Waals surface area contributed by atoms with Crippen molar-refractivity contribution in [2.24, 2.45) is 0 Å². The van der Waals surface area contributed by atoms with Crippen LogP contribution in [-0.4, -0.2) is 24.7 Å². The fourth-order valence-corrected chi connectivity index (χ4v) is 2.96. The largest absolute Gasteiger partial charge is 0.365 e. The minimum atomic E-state index is 0.201. The van der Waals surface area contributed by atoms with Gasteiger partial charge < -0.3 is 10.2 Å². The van der Waals surface area contributed by atoms with Crippen LogP contribution in [0.4, 0.5) is 5.69 Å². The molecule has 1 aromatic rings. The van der Waals surface area contributed by atoms with Crippen molar-refractivity contribution in [2.45, 2.75) is 38.8 Å². The number of hydrogen-bond acceptors (Lipinski definition) is 2. The van der Waals surface area contributed by atoms with Gasteiger partial charge in [0.15, 0.2) is 0 Å². The maximum absolute atomic E-state index is 3.63. The van der Waals surface area contributed by atoms with E-state index in [-0.39, 0.29) is 5.54 Å². The molecular formula is C14H21IN2. The lowest BCUT2D eigenvalue weighted by Gasteiger charge is -2.45. The summed E-state index contributed by atoms with van der Waals surface area (Å²) in [4.78, 5) is 2.55. The van der Waals surface area contributed by atoms with Crippen LogP contribution in [0.1, 0.15) is 27.2 Å². The van der Waals surface area contributed by atoms with Crippen LogP contribution in [0.3, 0.4) is 0 Å². The Morgan fingerprint density at radius 3 is 2.88 bits per heavy atom. The van der Waals surface area contributed by atoms with Gasteiger partial charge in [0.1, 0.15) is 0 Å². The van der Waals surface area contributed by atoms with Gasteiger partial charge in [0.05, 0.1) is 0 Å². The Morgan fingerprint density at radius 2 is 2.24 bits per heavy atom. The Balaban J connectivity index is 2.26. The molecule has 1 fully saturated rings. The van der Waals surface area contributed by atoms with Gasteiger partial charge in [-0.1, -0.05) is 13.0 Å². The lowest BCUT2D eigenvalue weighted by molar-refractivity contribution is 0.306. The van der Waals surface area contributed by atoms with Crippen LogP contribution in [-0.2, 0) is 0 Å². The van der Waals surface area contributed by atoms with Crippen molar-refractivity contribution in [2.75, 3.05) is 18.0 Å². The summed E-state index contributed by atoms with van der Waals surface area (Å²) in [6.45, 7) is 8.98. The second kappa shape index (κ2) is 5.14. The van der Waals surface area contributed by atoms with Crippen molar-refractivity contribution in [1.29, 1.82) is 0 Å². The number of piperazine rings is 1. The number of hydrogen-bond donors (Lipinski definition) is 1. The predicted molar refractivity (Wildman–Crippen MR) is 82.7 cm³/mol. The molecule has 1 aliphatic rings. The lowest BCUT2D eigenvalue weighted by Crippen LogP contribution is -2.61. The Labute approximate surface area is 118 Å². The number of nitrogens with one attached hydrogen (secondary N) is 1. The van der Waals surface area contributed by atoms with Crippen LogP contribution in [0.25, 0.3) is 0 Å². The molecule has 0 aliphatic carbocycles. The molecule has 2 nitrogen and oxygen atoms in total. The molecule has 1 atom stereocenters. The third-order valence-electron chi connectivity index (χ3n) is 3.43. The van der Waals surface area contributed by atoms with E-state index in [9.17, 15) is 0 Å². The number of rotatable bonds is 2. The summed E-state index contributed by atoms with van der Waals surface area (Å²) in [6, 6.07) is 9.43. The van der Waals surface area contributed by atoms with Crippen molar-refractivity contribution >= 4 is 28.3 Å². The Hall–Kier alpha value is -0.290. The SMILES string of the molecule is CCC1CNC(C)(C)CN1c1cccc(I)c1. The summed E-state index contributed by atoms with van der Waals surface area (Å²) in [7, 11) is 0. The van der Waals surface area contributed by atoms with Crippen LogP contribution in [0.15, 0.2) is 24.3 Å². The summed E-state index contributed by atoms with van der Waals surface area (Å²) in [5.41, 5.74) is 1.56. The number of halogens is 1. The number of benzene rings is 1. The monoisotopic (exact) mass is 344 g/mol. The zero-order valence-corrected chi connectivity index (χ0v) is 13.0. The first-order chi connectivity index (χ1) is 8.02. The van der Waals surface area contributed by atoms with Gasteiger partial charge in [-0.3, -0.25) is 0 Å². The summed E-state index contributed by atoms with van der Waals surface area (Å²) in [5.74, 6) is 0. The van der Waals surface area contributed by atoms with Crippen LogP contribution >= 0.6 is 22.6 Å². The van der Waals surface area contributed by atoms with E-state index in [0.717, 1.165) is 13.1 Å². The van der Waals surface area contributed by atoms with Gasteiger partial charge >= 0.3 is 0 Å².